The van der Waals surface area contributed by atoms with Gasteiger partial charge in [-0.2, -0.15) is 0 Å². The Morgan fingerprint density at radius 3 is 2.41 bits per heavy atom. The molecule has 130 valence electrons. The molecule has 0 heterocycles. The molecule has 0 amide bonds. The van der Waals surface area contributed by atoms with E-state index in [1.165, 1.54) is 12.8 Å². The summed E-state index contributed by atoms with van der Waals surface area (Å²) in [4.78, 5) is 10.4. The van der Waals surface area contributed by atoms with Crippen molar-refractivity contribution in [2.45, 2.75) is 77.6 Å². The number of allylic oxidation sites excluding steroid dienone is 2. The standard InChI is InChI=1S/C17H32O4S/c1-2-3-9-12-16(15-22(20)21)13-10-7-5-4-6-8-11-14-17(18)19/h10,13,16H,2-9,11-12,14-15H2,1H3,(H,18,19)(H,20,21)/b13-10+. The number of carbonyl (C=O) groups is 1. The van der Waals surface area contributed by atoms with Crippen LogP contribution in [0.15, 0.2) is 12.2 Å². The lowest BCUT2D eigenvalue weighted by atomic mass is 10.0. The smallest absolute Gasteiger partial charge is 0.303 e. The molecule has 0 aromatic rings. The first kappa shape index (κ1) is 21.3. The van der Waals surface area contributed by atoms with Gasteiger partial charge in [-0.1, -0.05) is 57.6 Å². The molecule has 0 aliphatic carbocycles. The zero-order chi connectivity index (χ0) is 16.6. The molecule has 0 aliphatic rings. The summed E-state index contributed by atoms with van der Waals surface area (Å²) in [5.74, 6) is -0.152. The van der Waals surface area contributed by atoms with Crippen molar-refractivity contribution in [1.82, 2.24) is 0 Å². The van der Waals surface area contributed by atoms with E-state index in [2.05, 4.69) is 19.1 Å². The van der Waals surface area contributed by atoms with Crippen molar-refractivity contribution >= 4 is 17.0 Å². The molecule has 2 unspecified atom stereocenters. The highest BCUT2D eigenvalue weighted by atomic mass is 32.2. The largest absolute Gasteiger partial charge is 0.481 e. The Hall–Kier alpha value is -0.680. The zero-order valence-electron chi connectivity index (χ0n) is 13.8. The third-order valence-corrected chi connectivity index (χ3v) is 4.42. The maximum atomic E-state index is 11.0. The average Bonchev–Trinajstić information content (AvgIpc) is 2.44. The number of hydrogen-bond donors (Lipinski definition) is 2. The van der Waals surface area contributed by atoms with E-state index in [1.54, 1.807) is 0 Å². The van der Waals surface area contributed by atoms with Crippen molar-refractivity contribution in [1.29, 1.82) is 0 Å². The number of rotatable bonds is 15. The van der Waals surface area contributed by atoms with Crippen molar-refractivity contribution in [2.24, 2.45) is 5.92 Å². The van der Waals surface area contributed by atoms with Crippen LogP contribution in [0.2, 0.25) is 0 Å². The van der Waals surface area contributed by atoms with Crippen LogP contribution in [0.3, 0.4) is 0 Å². The van der Waals surface area contributed by atoms with E-state index in [9.17, 15) is 9.00 Å². The molecule has 0 saturated heterocycles. The van der Waals surface area contributed by atoms with Gasteiger partial charge in [0.15, 0.2) is 11.1 Å². The van der Waals surface area contributed by atoms with Gasteiger partial charge in [0.1, 0.15) is 0 Å². The highest BCUT2D eigenvalue weighted by Gasteiger charge is 2.07. The summed E-state index contributed by atoms with van der Waals surface area (Å²) >= 11 is -1.72. The third-order valence-electron chi connectivity index (χ3n) is 3.70. The Morgan fingerprint density at radius 1 is 1.09 bits per heavy atom. The minimum Gasteiger partial charge on any atom is -0.481 e. The van der Waals surface area contributed by atoms with Crippen LogP contribution >= 0.6 is 0 Å². The Kier molecular flexibility index (Phi) is 14.8. The van der Waals surface area contributed by atoms with E-state index >= 15 is 0 Å². The van der Waals surface area contributed by atoms with Crippen molar-refractivity contribution in [2.75, 3.05) is 5.75 Å². The first-order valence-electron chi connectivity index (χ1n) is 8.52. The number of unbranched alkanes of at least 4 members (excludes halogenated alkanes) is 7. The first-order chi connectivity index (χ1) is 10.6. The Labute approximate surface area is 137 Å². The van der Waals surface area contributed by atoms with Crippen LogP contribution in [-0.4, -0.2) is 25.6 Å². The molecule has 22 heavy (non-hydrogen) atoms. The van der Waals surface area contributed by atoms with Crippen molar-refractivity contribution in [3.05, 3.63) is 12.2 Å². The number of aliphatic carboxylic acids is 1. The number of hydrogen-bond acceptors (Lipinski definition) is 2. The maximum absolute atomic E-state index is 11.0. The van der Waals surface area contributed by atoms with Crippen LogP contribution in [0.4, 0.5) is 0 Å². The lowest BCUT2D eigenvalue weighted by molar-refractivity contribution is -0.137. The van der Waals surface area contributed by atoms with Gasteiger partial charge >= 0.3 is 5.97 Å². The van der Waals surface area contributed by atoms with Gasteiger partial charge in [-0.15, -0.1) is 0 Å². The maximum Gasteiger partial charge on any atom is 0.303 e. The normalized spacial score (nSPS) is 14.3. The molecule has 0 aliphatic heterocycles. The van der Waals surface area contributed by atoms with E-state index in [1.807, 2.05) is 0 Å². The molecule has 0 fully saturated rings. The summed E-state index contributed by atoms with van der Waals surface area (Å²) in [7, 11) is 0. The van der Waals surface area contributed by atoms with Crippen molar-refractivity contribution in [3.8, 4) is 0 Å². The Bertz CT molecular complexity index is 329. The monoisotopic (exact) mass is 332 g/mol. The molecule has 2 N–H and O–H groups in total. The fourth-order valence-corrected chi connectivity index (χ4v) is 3.08. The minimum atomic E-state index is -1.72. The minimum absolute atomic E-state index is 0.216. The van der Waals surface area contributed by atoms with Crippen LogP contribution in [0.1, 0.15) is 77.6 Å². The average molecular weight is 333 g/mol. The SMILES string of the molecule is CCCCCC(/C=C/CCCCCCCC(=O)O)CS(=O)O. The van der Waals surface area contributed by atoms with E-state index in [0.29, 0.717) is 5.75 Å². The second-order valence-electron chi connectivity index (χ2n) is 5.87. The number of carboxylic acids is 1. The van der Waals surface area contributed by atoms with Crippen LogP contribution in [-0.2, 0) is 15.9 Å². The summed E-state index contributed by atoms with van der Waals surface area (Å²) in [6.07, 6.45) is 15.0. The lowest BCUT2D eigenvalue weighted by Gasteiger charge is -2.09. The van der Waals surface area contributed by atoms with Crippen LogP contribution < -0.4 is 0 Å². The van der Waals surface area contributed by atoms with Crippen molar-refractivity contribution in [3.63, 3.8) is 0 Å². The predicted molar refractivity (Wildman–Crippen MR) is 92.4 cm³/mol. The van der Waals surface area contributed by atoms with Gasteiger partial charge in [0.05, 0.1) is 5.75 Å². The highest BCUT2D eigenvalue weighted by molar-refractivity contribution is 7.79. The number of carboxylic acid groups (broad SMARTS) is 1. The van der Waals surface area contributed by atoms with Gasteiger partial charge < -0.3 is 9.66 Å². The fourth-order valence-electron chi connectivity index (χ4n) is 2.43. The molecule has 2 atom stereocenters. The lowest BCUT2D eigenvalue weighted by Crippen LogP contribution is -2.08. The molecule has 4 nitrogen and oxygen atoms in total. The third kappa shape index (κ3) is 15.7. The molecule has 0 radical (unpaired) electrons. The zero-order valence-corrected chi connectivity index (χ0v) is 14.7. The van der Waals surface area contributed by atoms with Crippen molar-refractivity contribution < 1.29 is 18.7 Å². The fraction of sp³-hybridized carbons (Fsp3) is 0.824. The van der Waals surface area contributed by atoms with Crippen LogP contribution in [0, 0.1) is 5.92 Å². The Balaban J connectivity index is 3.70. The van der Waals surface area contributed by atoms with Gasteiger partial charge in [-0.3, -0.25) is 4.79 Å². The van der Waals surface area contributed by atoms with E-state index in [-0.39, 0.29) is 12.3 Å². The molecular weight excluding hydrogens is 300 g/mol. The predicted octanol–water partition coefficient (Wildman–Crippen LogP) is 4.78. The highest BCUT2D eigenvalue weighted by Crippen LogP contribution is 2.14. The summed E-state index contributed by atoms with van der Waals surface area (Å²) < 4.78 is 20.0. The van der Waals surface area contributed by atoms with Crippen LogP contribution in [0.25, 0.3) is 0 Å². The molecule has 0 rings (SSSR count). The molecule has 5 heteroatoms. The topological polar surface area (TPSA) is 74.6 Å². The van der Waals surface area contributed by atoms with Gasteiger partial charge in [-0.25, -0.2) is 4.21 Å². The first-order valence-corrected chi connectivity index (χ1v) is 9.79. The van der Waals surface area contributed by atoms with Gasteiger partial charge in [0.25, 0.3) is 0 Å². The van der Waals surface area contributed by atoms with E-state index in [4.69, 9.17) is 9.66 Å². The molecule has 0 saturated carbocycles. The van der Waals surface area contributed by atoms with E-state index < -0.39 is 17.0 Å². The molecule has 0 aromatic carbocycles. The quantitative estimate of drug-likeness (QED) is 0.257. The Morgan fingerprint density at radius 2 is 1.77 bits per heavy atom. The summed E-state index contributed by atoms with van der Waals surface area (Å²) in [5, 5.41) is 8.53. The van der Waals surface area contributed by atoms with Gasteiger partial charge in [0, 0.05) is 6.42 Å². The molecule has 0 bridgehead atoms. The summed E-state index contributed by atoms with van der Waals surface area (Å²) in [6.45, 7) is 2.16. The molecular formula is C17H32O4S. The van der Waals surface area contributed by atoms with Gasteiger partial charge in [0.2, 0.25) is 0 Å². The van der Waals surface area contributed by atoms with Gasteiger partial charge in [-0.05, 0) is 31.6 Å². The molecule has 0 aromatic heterocycles. The summed E-state index contributed by atoms with van der Waals surface area (Å²) in [6, 6.07) is 0. The van der Waals surface area contributed by atoms with Crippen LogP contribution in [0.5, 0.6) is 0 Å². The van der Waals surface area contributed by atoms with E-state index in [0.717, 1.165) is 51.4 Å². The summed E-state index contributed by atoms with van der Waals surface area (Å²) in [5.41, 5.74) is 0. The molecule has 0 spiro atoms. The second kappa shape index (κ2) is 15.2. The second-order valence-corrected chi connectivity index (χ2v) is 6.85.